The first-order valence-electron chi connectivity index (χ1n) is 9.10. The van der Waals surface area contributed by atoms with Gasteiger partial charge in [0.25, 0.3) is 5.91 Å². The van der Waals surface area contributed by atoms with Gasteiger partial charge in [-0.25, -0.2) is 9.97 Å². The molecule has 0 unspecified atom stereocenters. The van der Waals surface area contributed by atoms with Crippen molar-refractivity contribution < 1.29 is 4.79 Å². The van der Waals surface area contributed by atoms with Crippen molar-refractivity contribution in [1.29, 1.82) is 0 Å². The molecule has 0 aliphatic rings. The van der Waals surface area contributed by atoms with Gasteiger partial charge in [0.2, 0.25) is 0 Å². The van der Waals surface area contributed by atoms with Crippen LogP contribution in [0.5, 0.6) is 0 Å². The van der Waals surface area contributed by atoms with Gasteiger partial charge in [0.15, 0.2) is 5.13 Å². The van der Waals surface area contributed by atoms with Gasteiger partial charge in [-0.15, -0.1) is 11.3 Å². The lowest BCUT2D eigenvalue weighted by Crippen LogP contribution is -2.30. The molecular weight excluding hydrogens is 386 g/mol. The number of thiazole rings is 2. The largest absolute Gasteiger partial charge is 0.279 e. The zero-order chi connectivity index (χ0) is 19.8. The summed E-state index contributed by atoms with van der Waals surface area (Å²) in [5.74, 6) is -0.0413. The molecule has 28 heavy (non-hydrogen) atoms. The Hall–Kier alpha value is -2.57. The standard InChI is InChI=1S/C22H21N3OS2/c1-13-10-11-18-19(14(13)2)24-22(28-18)25(12-17-8-6-5-7-9-17)21(26)20-15(3)23-16(4)27-20/h5-11H,12H2,1-4H3. The van der Waals surface area contributed by atoms with E-state index in [1.54, 1.807) is 16.2 Å². The van der Waals surface area contributed by atoms with E-state index in [-0.39, 0.29) is 5.91 Å². The zero-order valence-electron chi connectivity index (χ0n) is 16.3. The Morgan fingerprint density at radius 2 is 1.71 bits per heavy atom. The first-order valence-corrected chi connectivity index (χ1v) is 10.7. The molecule has 0 N–H and O–H groups in total. The number of hydrogen-bond acceptors (Lipinski definition) is 5. The van der Waals surface area contributed by atoms with E-state index < -0.39 is 0 Å². The molecule has 0 saturated heterocycles. The number of aryl methyl sites for hydroxylation is 4. The molecule has 142 valence electrons. The van der Waals surface area contributed by atoms with Crippen LogP contribution < -0.4 is 4.90 Å². The van der Waals surface area contributed by atoms with Crippen molar-refractivity contribution in [1.82, 2.24) is 9.97 Å². The van der Waals surface area contributed by atoms with Crippen molar-refractivity contribution in [3.8, 4) is 0 Å². The number of anilines is 1. The number of nitrogens with zero attached hydrogens (tertiary/aromatic N) is 3. The number of amides is 1. The summed E-state index contributed by atoms with van der Waals surface area (Å²) in [6.07, 6.45) is 0. The average molecular weight is 408 g/mol. The molecule has 1 amide bonds. The monoisotopic (exact) mass is 407 g/mol. The van der Waals surface area contributed by atoms with E-state index in [2.05, 4.69) is 31.0 Å². The van der Waals surface area contributed by atoms with Gasteiger partial charge in [0, 0.05) is 0 Å². The van der Waals surface area contributed by atoms with Crippen molar-refractivity contribution >= 4 is 43.9 Å². The minimum Gasteiger partial charge on any atom is -0.279 e. The van der Waals surface area contributed by atoms with Gasteiger partial charge in [0.05, 0.1) is 27.5 Å². The summed E-state index contributed by atoms with van der Waals surface area (Å²) in [6, 6.07) is 14.2. The van der Waals surface area contributed by atoms with Crippen LogP contribution in [0.15, 0.2) is 42.5 Å². The number of carbonyl (C=O) groups is 1. The summed E-state index contributed by atoms with van der Waals surface area (Å²) >= 11 is 3.00. The topological polar surface area (TPSA) is 46.1 Å². The highest BCUT2D eigenvalue weighted by molar-refractivity contribution is 7.22. The number of benzene rings is 2. The smallest absolute Gasteiger partial charge is 0.272 e. The van der Waals surface area contributed by atoms with E-state index in [0.717, 1.165) is 37.2 Å². The van der Waals surface area contributed by atoms with Gasteiger partial charge >= 0.3 is 0 Å². The first kappa shape index (κ1) is 18.8. The number of rotatable bonds is 4. The van der Waals surface area contributed by atoms with Gasteiger partial charge in [0.1, 0.15) is 4.88 Å². The summed E-state index contributed by atoms with van der Waals surface area (Å²) in [5.41, 5.74) is 5.19. The summed E-state index contributed by atoms with van der Waals surface area (Å²) in [4.78, 5) is 25.2. The zero-order valence-corrected chi connectivity index (χ0v) is 17.9. The second kappa shape index (κ2) is 7.45. The van der Waals surface area contributed by atoms with Gasteiger partial charge < -0.3 is 0 Å². The maximum atomic E-state index is 13.5. The second-order valence-electron chi connectivity index (χ2n) is 6.87. The molecule has 4 aromatic rings. The SMILES string of the molecule is Cc1nc(C)c(C(=O)N(Cc2ccccc2)c2nc3c(C)c(C)ccc3s2)s1. The molecule has 0 atom stereocenters. The minimum absolute atomic E-state index is 0.0413. The minimum atomic E-state index is -0.0413. The molecule has 0 aliphatic heterocycles. The first-order chi connectivity index (χ1) is 13.4. The molecule has 0 radical (unpaired) electrons. The number of hydrogen-bond donors (Lipinski definition) is 0. The average Bonchev–Trinajstić information content (AvgIpc) is 3.26. The molecule has 0 spiro atoms. The Morgan fingerprint density at radius 1 is 0.964 bits per heavy atom. The highest BCUT2D eigenvalue weighted by Gasteiger charge is 2.25. The van der Waals surface area contributed by atoms with Crippen LogP contribution in [0.2, 0.25) is 0 Å². The number of carbonyl (C=O) groups excluding carboxylic acids is 1. The predicted molar refractivity (Wildman–Crippen MR) is 118 cm³/mol. The molecule has 2 heterocycles. The molecule has 2 aromatic heterocycles. The molecular formula is C22H21N3OS2. The lowest BCUT2D eigenvalue weighted by atomic mass is 10.1. The normalized spacial score (nSPS) is 11.1. The Morgan fingerprint density at radius 3 is 2.39 bits per heavy atom. The van der Waals surface area contributed by atoms with Crippen LogP contribution in [0.3, 0.4) is 0 Å². The van der Waals surface area contributed by atoms with E-state index >= 15 is 0 Å². The van der Waals surface area contributed by atoms with E-state index in [4.69, 9.17) is 4.98 Å². The van der Waals surface area contributed by atoms with Gasteiger partial charge in [-0.1, -0.05) is 47.7 Å². The van der Waals surface area contributed by atoms with Gasteiger partial charge in [-0.2, -0.15) is 0 Å². The summed E-state index contributed by atoms with van der Waals surface area (Å²) < 4.78 is 1.10. The number of aromatic nitrogens is 2. The molecule has 0 bridgehead atoms. The molecule has 4 nitrogen and oxygen atoms in total. The molecule has 0 aliphatic carbocycles. The summed E-state index contributed by atoms with van der Waals surface area (Å²) in [5, 5.41) is 1.62. The fourth-order valence-electron chi connectivity index (χ4n) is 3.17. The van der Waals surface area contributed by atoms with E-state index in [1.807, 2.05) is 44.2 Å². The van der Waals surface area contributed by atoms with Crippen molar-refractivity contribution in [2.75, 3.05) is 4.90 Å². The molecule has 0 saturated carbocycles. The summed E-state index contributed by atoms with van der Waals surface area (Å²) in [6.45, 7) is 8.47. The maximum Gasteiger partial charge on any atom is 0.272 e. The van der Waals surface area contributed by atoms with E-state index in [9.17, 15) is 4.79 Å². The third kappa shape index (κ3) is 3.45. The lowest BCUT2D eigenvalue weighted by Gasteiger charge is -2.19. The Balaban J connectivity index is 1.82. The van der Waals surface area contributed by atoms with Crippen molar-refractivity contribution in [3.63, 3.8) is 0 Å². The van der Waals surface area contributed by atoms with Crippen LogP contribution >= 0.6 is 22.7 Å². The molecule has 0 fully saturated rings. The highest BCUT2D eigenvalue weighted by atomic mass is 32.1. The third-order valence-electron chi connectivity index (χ3n) is 4.83. The van der Waals surface area contributed by atoms with Crippen LogP contribution in [-0.2, 0) is 6.54 Å². The van der Waals surface area contributed by atoms with E-state index in [1.165, 1.54) is 16.9 Å². The molecule has 6 heteroatoms. The maximum absolute atomic E-state index is 13.5. The second-order valence-corrected chi connectivity index (χ2v) is 9.09. The van der Waals surface area contributed by atoms with Crippen molar-refractivity contribution in [2.45, 2.75) is 34.2 Å². The van der Waals surface area contributed by atoms with Crippen molar-refractivity contribution in [3.05, 3.63) is 74.7 Å². The fraction of sp³-hybridized carbons (Fsp3) is 0.227. The lowest BCUT2D eigenvalue weighted by molar-refractivity contribution is 0.0988. The van der Waals surface area contributed by atoms with Crippen LogP contribution in [0, 0.1) is 27.7 Å². The van der Waals surface area contributed by atoms with Crippen LogP contribution in [0.4, 0.5) is 5.13 Å². The molecule has 2 aromatic carbocycles. The van der Waals surface area contributed by atoms with Gasteiger partial charge in [-0.3, -0.25) is 9.69 Å². The Bertz CT molecular complexity index is 1160. The predicted octanol–water partition coefficient (Wildman–Crippen LogP) is 5.83. The van der Waals surface area contributed by atoms with E-state index in [0.29, 0.717) is 11.4 Å². The third-order valence-corrected chi connectivity index (χ3v) is 6.94. The summed E-state index contributed by atoms with van der Waals surface area (Å²) in [7, 11) is 0. The Kier molecular flexibility index (Phi) is 5.00. The Labute approximate surface area is 172 Å². The quantitative estimate of drug-likeness (QED) is 0.427. The van der Waals surface area contributed by atoms with Gasteiger partial charge in [-0.05, 0) is 50.5 Å². The molecule has 4 rings (SSSR count). The number of fused-ring (bicyclic) bond motifs is 1. The highest BCUT2D eigenvalue weighted by Crippen LogP contribution is 2.34. The van der Waals surface area contributed by atoms with Crippen LogP contribution in [-0.4, -0.2) is 15.9 Å². The van der Waals surface area contributed by atoms with Crippen LogP contribution in [0.25, 0.3) is 10.2 Å². The fourth-order valence-corrected chi connectivity index (χ4v) is 5.07. The van der Waals surface area contributed by atoms with Crippen LogP contribution in [0.1, 0.15) is 37.1 Å². The van der Waals surface area contributed by atoms with Crippen molar-refractivity contribution in [2.24, 2.45) is 0 Å².